The summed E-state index contributed by atoms with van der Waals surface area (Å²) in [7, 11) is 3.32. The Morgan fingerprint density at radius 3 is 2.62 bits per heavy atom. The van der Waals surface area contributed by atoms with E-state index in [-0.39, 0.29) is 0 Å². The quantitative estimate of drug-likeness (QED) is 0.645. The van der Waals surface area contributed by atoms with Gasteiger partial charge in [0.05, 0.1) is 14.2 Å². The van der Waals surface area contributed by atoms with Crippen LogP contribution in [0.15, 0.2) is 21.6 Å². The number of aromatic nitrogens is 2. The summed E-state index contributed by atoms with van der Waals surface area (Å²) in [5.41, 5.74) is 2.50. The second kappa shape index (κ2) is 8.07. The Labute approximate surface area is 153 Å². The fraction of sp³-hybridized carbons (Fsp3) is 0.500. The minimum absolute atomic E-state index is 0.360. The first-order valence-corrected chi connectivity index (χ1v) is 8.70. The van der Waals surface area contributed by atoms with Crippen LogP contribution in [-0.4, -0.2) is 48.3 Å². The molecule has 0 amide bonds. The van der Waals surface area contributed by atoms with E-state index >= 15 is 0 Å². The van der Waals surface area contributed by atoms with Crippen molar-refractivity contribution in [3.63, 3.8) is 0 Å². The van der Waals surface area contributed by atoms with Crippen LogP contribution in [0.3, 0.4) is 0 Å². The average Bonchev–Trinajstić information content (AvgIpc) is 3.08. The van der Waals surface area contributed by atoms with Gasteiger partial charge >= 0.3 is 0 Å². The highest BCUT2D eigenvalue weighted by molar-refractivity contribution is 5.80. The maximum Gasteiger partial charge on any atom is 0.248 e. The lowest BCUT2D eigenvalue weighted by Crippen LogP contribution is -2.44. The van der Waals surface area contributed by atoms with Gasteiger partial charge in [-0.05, 0) is 43.5 Å². The van der Waals surface area contributed by atoms with Crippen molar-refractivity contribution in [2.75, 3.05) is 27.3 Å². The molecular weight excluding hydrogens is 334 g/mol. The van der Waals surface area contributed by atoms with E-state index in [2.05, 4.69) is 38.3 Å². The highest BCUT2D eigenvalue weighted by atomic mass is 16.5. The molecule has 2 heterocycles. The molecule has 1 aliphatic rings. The first-order valence-electron chi connectivity index (χ1n) is 8.70. The zero-order valence-corrected chi connectivity index (χ0v) is 15.7. The van der Waals surface area contributed by atoms with E-state index in [0.29, 0.717) is 18.3 Å². The molecule has 0 unspecified atom stereocenters. The van der Waals surface area contributed by atoms with Gasteiger partial charge in [-0.25, -0.2) is 4.99 Å². The minimum Gasteiger partial charge on any atom is -0.493 e. The number of aryl methyl sites for hydroxylation is 1. The highest BCUT2D eigenvalue weighted by Gasteiger charge is 2.21. The van der Waals surface area contributed by atoms with Crippen LogP contribution >= 0.6 is 0 Å². The first kappa shape index (κ1) is 18.0. The molecule has 0 fully saturated rings. The van der Waals surface area contributed by atoms with E-state index < -0.39 is 0 Å². The van der Waals surface area contributed by atoms with Crippen LogP contribution in [0, 0.1) is 6.92 Å². The fourth-order valence-electron chi connectivity index (χ4n) is 3.04. The van der Waals surface area contributed by atoms with E-state index in [1.165, 1.54) is 11.1 Å². The number of aliphatic imine (C=N–C) groups is 1. The van der Waals surface area contributed by atoms with Crippen molar-refractivity contribution >= 4 is 5.96 Å². The van der Waals surface area contributed by atoms with Gasteiger partial charge in [0.25, 0.3) is 0 Å². The third-order valence-corrected chi connectivity index (χ3v) is 4.29. The van der Waals surface area contributed by atoms with Gasteiger partial charge in [0, 0.05) is 19.6 Å². The Morgan fingerprint density at radius 1 is 1.27 bits per heavy atom. The SMILES string of the molecule is CCNC(=NCc1nc(C)no1)N1CCc2cc(OC)c(OC)cc2C1. The van der Waals surface area contributed by atoms with E-state index in [4.69, 9.17) is 14.0 Å². The number of hydrogen-bond acceptors (Lipinski definition) is 6. The summed E-state index contributed by atoms with van der Waals surface area (Å²) < 4.78 is 16.0. The van der Waals surface area contributed by atoms with Gasteiger partial charge in [-0.2, -0.15) is 4.98 Å². The van der Waals surface area contributed by atoms with E-state index in [1.807, 2.05) is 6.07 Å². The van der Waals surface area contributed by atoms with Crippen molar-refractivity contribution in [3.8, 4) is 11.5 Å². The summed E-state index contributed by atoms with van der Waals surface area (Å²) in [5, 5.41) is 7.14. The molecule has 140 valence electrons. The van der Waals surface area contributed by atoms with Gasteiger partial charge in [0.1, 0.15) is 6.54 Å². The number of ether oxygens (including phenoxy) is 2. The van der Waals surface area contributed by atoms with Crippen LogP contribution in [0.25, 0.3) is 0 Å². The summed E-state index contributed by atoms with van der Waals surface area (Å²) in [4.78, 5) is 11.1. The molecule has 0 saturated carbocycles. The number of fused-ring (bicyclic) bond motifs is 1. The molecule has 1 aromatic carbocycles. The molecule has 0 aliphatic carbocycles. The smallest absolute Gasteiger partial charge is 0.248 e. The van der Waals surface area contributed by atoms with Crippen molar-refractivity contribution in [3.05, 3.63) is 35.0 Å². The van der Waals surface area contributed by atoms with E-state index in [0.717, 1.165) is 43.5 Å². The maximum absolute atomic E-state index is 5.44. The summed E-state index contributed by atoms with van der Waals surface area (Å²) in [6.45, 7) is 6.63. The number of hydrogen-bond donors (Lipinski definition) is 1. The monoisotopic (exact) mass is 359 g/mol. The summed E-state index contributed by atoms with van der Waals surface area (Å²) in [6, 6.07) is 4.11. The highest BCUT2D eigenvalue weighted by Crippen LogP contribution is 2.33. The van der Waals surface area contributed by atoms with Crippen molar-refractivity contribution in [2.24, 2.45) is 4.99 Å². The predicted octanol–water partition coefficient (Wildman–Crippen LogP) is 1.92. The van der Waals surface area contributed by atoms with Crippen LogP contribution in [0.2, 0.25) is 0 Å². The maximum atomic E-state index is 5.44. The Hall–Kier alpha value is -2.77. The molecule has 0 radical (unpaired) electrons. The minimum atomic E-state index is 0.360. The third-order valence-electron chi connectivity index (χ3n) is 4.29. The number of benzene rings is 1. The second-order valence-corrected chi connectivity index (χ2v) is 6.05. The molecule has 2 aromatic rings. The van der Waals surface area contributed by atoms with Gasteiger partial charge in [-0.3, -0.25) is 0 Å². The lowest BCUT2D eigenvalue weighted by Gasteiger charge is -2.32. The number of nitrogens with zero attached hydrogens (tertiary/aromatic N) is 4. The van der Waals surface area contributed by atoms with Gasteiger partial charge in [0.2, 0.25) is 5.89 Å². The van der Waals surface area contributed by atoms with Crippen LogP contribution in [-0.2, 0) is 19.5 Å². The molecule has 0 bridgehead atoms. The van der Waals surface area contributed by atoms with Crippen molar-refractivity contribution < 1.29 is 14.0 Å². The van der Waals surface area contributed by atoms with Crippen molar-refractivity contribution in [2.45, 2.75) is 33.4 Å². The predicted molar refractivity (Wildman–Crippen MR) is 97.5 cm³/mol. The lowest BCUT2D eigenvalue weighted by molar-refractivity contribution is 0.345. The largest absolute Gasteiger partial charge is 0.493 e. The molecule has 3 rings (SSSR count). The first-order chi connectivity index (χ1) is 12.6. The Balaban J connectivity index is 1.79. The molecule has 0 atom stereocenters. The van der Waals surface area contributed by atoms with Gasteiger partial charge < -0.3 is 24.2 Å². The lowest BCUT2D eigenvalue weighted by atomic mass is 9.99. The van der Waals surface area contributed by atoms with Crippen LogP contribution in [0.5, 0.6) is 11.5 Å². The standard InChI is InChI=1S/C18H25N5O3/c1-5-19-18(20-10-17-21-12(2)22-26-17)23-7-6-13-8-15(24-3)16(25-4)9-14(13)11-23/h8-9H,5-7,10-11H2,1-4H3,(H,19,20). The number of nitrogens with one attached hydrogen (secondary N) is 1. The van der Waals surface area contributed by atoms with Crippen molar-refractivity contribution in [1.29, 1.82) is 0 Å². The molecule has 1 aromatic heterocycles. The summed E-state index contributed by atoms with van der Waals surface area (Å²) in [5.74, 6) is 3.49. The third kappa shape index (κ3) is 3.89. The Morgan fingerprint density at radius 2 is 2.00 bits per heavy atom. The summed E-state index contributed by atoms with van der Waals surface area (Å²) >= 11 is 0. The molecule has 26 heavy (non-hydrogen) atoms. The molecule has 0 spiro atoms. The molecule has 8 nitrogen and oxygen atoms in total. The molecule has 1 N–H and O–H groups in total. The molecule has 1 aliphatic heterocycles. The zero-order valence-electron chi connectivity index (χ0n) is 15.7. The van der Waals surface area contributed by atoms with Crippen LogP contribution < -0.4 is 14.8 Å². The zero-order chi connectivity index (χ0) is 18.5. The fourth-order valence-corrected chi connectivity index (χ4v) is 3.04. The number of guanidine groups is 1. The average molecular weight is 359 g/mol. The topological polar surface area (TPSA) is 85.0 Å². The molecular formula is C18H25N5O3. The van der Waals surface area contributed by atoms with Gasteiger partial charge in [-0.1, -0.05) is 5.16 Å². The number of rotatable bonds is 5. The Kier molecular flexibility index (Phi) is 5.60. The van der Waals surface area contributed by atoms with E-state index in [9.17, 15) is 0 Å². The van der Waals surface area contributed by atoms with Crippen LogP contribution in [0.4, 0.5) is 0 Å². The van der Waals surface area contributed by atoms with Crippen LogP contribution in [0.1, 0.15) is 29.8 Å². The summed E-state index contributed by atoms with van der Waals surface area (Å²) in [6.07, 6.45) is 0.916. The Bertz CT molecular complexity index is 787. The number of methoxy groups -OCH3 is 2. The normalized spacial score (nSPS) is 14.2. The second-order valence-electron chi connectivity index (χ2n) is 6.05. The molecule has 8 heteroatoms. The van der Waals surface area contributed by atoms with Gasteiger partial charge in [0.15, 0.2) is 23.3 Å². The molecule has 0 saturated heterocycles. The van der Waals surface area contributed by atoms with E-state index in [1.54, 1.807) is 21.1 Å². The van der Waals surface area contributed by atoms with Crippen molar-refractivity contribution in [1.82, 2.24) is 20.4 Å². The van der Waals surface area contributed by atoms with Gasteiger partial charge in [-0.15, -0.1) is 0 Å².